The summed E-state index contributed by atoms with van der Waals surface area (Å²) in [5, 5.41) is 2.76. The molecule has 6 nitrogen and oxygen atoms in total. The van der Waals surface area contributed by atoms with E-state index in [-0.39, 0.29) is 18.1 Å². The molecule has 6 heteroatoms. The molecule has 0 spiro atoms. The summed E-state index contributed by atoms with van der Waals surface area (Å²) in [6, 6.07) is 28.6. The molecule has 4 aromatic rings. The molecule has 0 aliphatic carbocycles. The van der Waals surface area contributed by atoms with Crippen LogP contribution in [-0.4, -0.2) is 29.0 Å². The van der Waals surface area contributed by atoms with Crippen LogP contribution in [0.15, 0.2) is 95.4 Å². The topological polar surface area (TPSA) is 81.4 Å². The molecular weight excluding hydrogens is 452 g/mol. The fourth-order valence-electron chi connectivity index (χ4n) is 3.91. The minimum absolute atomic E-state index is 0.194. The molecular formula is C30H30N2O4. The third-order valence-corrected chi connectivity index (χ3v) is 5.54. The largest absolute Gasteiger partial charge is 0.444 e. The Morgan fingerprint density at radius 2 is 1.42 bits per heavy atom. The number of hydrogen-bond donors (Lipinski definition) is 1. The summed E-state index contributed by atoms with van der Waals surface area (Å²) < 4.78 is 11.5. The lowest BCUT2D eigenvalue weighted by atomic mass is 9.89. The van der Waals surface area contributed by atoms with E-state index < -0.39 is 17.6 Å². The summed E-state index contributed by atoms with van der Waals surface area (Å²) in [6.07, 6.45) is -0.143. The minimum atomic E-state index is -0.600. The zero-order valence-corrected chi connectivity index (χ0v) is 20.7. The maximum atomic E-state index is 14.0. The average molecular weight is 483 g/mol. The molecule has 36 heavy (non-hydrogen) atoms. The van der Waals surface area contributed by atoms with Crippen molar-refractivity contribution in [2.75, 3.05) is 6.54 Å². The molecule has 1 N–H and O–H groups in total. The van der Waals surface area contributed by atoms with Gasteiger partial charge in [-0.3, -0.25) is 4.79 Å². The van der Waals surface area contributed by atoms with E-state index in [1.807, 2.05) is 112 Å². The summed E-state index contributed by atoms with van der Waals surface area (Å²) in [6.45, 7) is 5.69. The number of carbonyl (C=O) groups is 2. The van der Waals surface area contributed by atoms with Crippen molar-refractivity contribution in [3.8, 4) is 22.7 Å². The van der Waals surface area contributed by atoms with Crippen molar-refractivity contribution >= 4 is 11.9 Å². The number of oxazole rings is 1. The minimum Gasteiger partial charge on any atom is -0.444 e. The van der Waals surface area contributed by atoms with Crippen molar-refractivity contribution in [3.05, 3.63) is 102 Å². The van der Waals surface area contributed by atoms with Crippen molar-refractivity contribution in [1.29, 1.82) is 0 Å². The van der Waals surface area contributed by atoms with Gasteiger partial charge in [-0.2, -0.15) is 0 Å². The van der Waals surface area contributed by atoms with Crippen LogP contribution in [0.5, 0.6) is 0 Å². The standard InChI is InChI=1S/C30H30N2O4/c1-30(2,3)36-29(34)31-20-19-24(21-13-7-4-8-14-21)26(33)27-25(22-15-9-5-10-16-22)32-28(35-27)23-17-11-6-12-18-23/h4-18,24H,19-20H2,1-3H3,(H,31,34). The number of nitrogens with zero attached hydrogens (tertiary/aromatic N) is 1. The van der Waals surface area contributed by atoms with Crippen LogP contribution in [0.4, 0.5) is 4.79 Å². The van der Waals surface area contributed by atoms with Gasteiger partial charge < -0.3 is 14.5 Å². The summed E-state index contributed by atoms with van der Waals surface area (Å²) in [5.41, 5.74) is 2.32. The van der Waals surface area contributed by atoms with Gasteiger partial charge in [0.2, 0.25) is 11.7 Å². The van der Waals surface area contributed by atoms with Gasteiger partial charge in [-0.15, -0.1) is 0 Å². The highest BCUT2D eigenvalue weighted by atomic mass is 16.6. The Morgan fingerprint density at radius 3 is 2.00 bits per heavy atom. The first-order chi connectivity index (χ1) is 17.3. The third-order valence-electron chi connectivity index (χ3n) is 5.54. The molecule has 1 unspecified atom stereocenters. The summed E-state index contributed by atoms with van der Waals surface area (Å²) in [5.74, 6) is -0.149. The summed E-state index contributed by atoms with van der Waals surface area (Å²) in [4.78, 5) is 30.9. The number of alkyl carbamates (subject to hydrolysis) is 1. The van der Waals surface area contributed by atoms with E-state index in [1.165, 1.54) is 0 Å². The highest BCUT2D eigenvalue weighted by Gasteiger charge is 2.30. The van der Waals surface area contributed by atoms with Gasteiger partial charge in [-0.25, -0.2) is 9.78 Å². The van der Waals surface area contributed by atoms with E-state index in [2.05, 4.69) is 5.32 Å². The molecule has 0 fully saturated rings. The lowest BCUT2D eigenvalue weighted by molar-refractivity contribution is 0.0524. The fraction of sp³-hybridized carbons (Fsp3) is 0.233. The van der Waals surface area contributed by atoms with Crippen LogP contribution in [0, 0.1) is 0 Å². The van der Waals surface area contributed by atoms with Crippen LogP contribution in [0.25, 0.3) is 22.7 Å². The van der Waals surface area contributed by atoms with Gasteiger partial charge in [0.05, 0.1) is 5.92 Å². The number of carbonyl (C=O) groups excluding carboxylic acids is 2. The smallest absolute Gasteiger partial charge is 0.407 e. The Bertz CT molecular complexity index is 1290. The summed E-state index contributed by atoms with van der Waals surface area (Å²) >= 11 is 0. The van der Waals surface area contributed by atoms with E-state index in [0.29, 0.717) is 18.0 Å². The quantitative estimate of drug-likeness (QED) is 0.277. The van der Waals surface area contributed by atoms with E-state index >= 15 is 0 Å². The monoisotopic (exact) mass is 482 g/mol. The molecule has 1 amide bonds. The molecule has 1 atom stereocenters. The Kier molecular flexibility index (Phi) is 7.64. The normalized spacial score (nSPS) is 12.1. The third kappa shape index (κ3) is 6.27. The van der Waals surface area contributed by atoms with Gasteiger partial charge in [0.15, 0.2) is 5.76 Å². The summed E-state index contributed by atoms with van der Waals surface area (Å²) in [7, 11) is 0. The molecule has 4 rings (SSSR count). The second-order valence-corrected chi connectivity index (χ2v) is 9.47. The van der Waals surface area contributed by atoms with Gasteiger partial charge in [0.1, 0.15) is 11.3 Å². The van der Waals surface area contributed by atoms with Crippen LogP contribution in [0.1, 0.15) is 49.2 Å². The molecule has 184 valence electrons. The molecule has 1 heterocycles. The number of Topliss-reactive ketones (excluding diaryl/α,β-unsaturated/α-hetero) is 1. The predicted octanol–water partition coefficient (Wildman–Crippen LogP) is 6.89. The molecule has 1 aromatic heterocycles. The molecule has 0 aliphatic rings. The van der Waals surface area contributed by atoms with Crippen molar-refractivity contribution in [3.63, 3.8) is 0 Å². The van der Waals surface area contributed by atoms with Crippen LogP contribution >= 0.6 is 0 Å². The second-order valence-electron chi connectivity index (χ2n) is 9.47. The van der Waals surface area contributed by atoms with Crippen molar-refractivity contribution in [2.24, 2.45) is 0 Å². The van der Waals surface area contributed by atoms with E-state index in [9.17, 15) is 9.59 Å². The number of benzene rings is 3. The Balaban J connectivity index is 1.67. The zero-order valence-electron chi connectivity index (χ0n) is 20.7. The number of hydrogen-bond acceptors (Lipinski definition) is 5. The van der Waals surface area contributed by atoms with Gasteiger partial charge in [-0.1, -0.05) is 78.9 Å². The predicted molar refractivity (Wildman–Crippen MR) is 140 cm³/mol. The molecule has 0 saturated carbocycles. The van der Waals surface area contributed by atoms with Gasteiger partial charge in [0.25, 0.3) is 0 Å². The number of amides is 1. The molecule has 0 radical (unpaired) electrons. The number of ketones is 1. The number of rotatable bonds is 8. The van der Waals surface area contributed by atoms with E-state index in [0.717, 1.165) is 16.7 Å². The zero-order chi connectivity index (χ0) is 25.5. The highest BCUT2D eigenvalue weighted by molar-refractivity contribution is 6.03. The number of ether oxygens (including phenoxy) is 1. The number of aromatic nitrogens is 1. The highest BCUT2D eigenvalue weighted by Crippen LogP contribution is 2.33. The van der Waals surface area contributed by atoms with Crippen molar-refractivity contribution in [1.82, 2.24) is 10.3 Å². The lowest BCUT2D eigenvalue weighted by Gasteiger charge is -2.20. The Morgan fingerprint density at radius 1 is 0.861 bits per heavy atom. The van der Waals surface area contributed by atoms with Crippen LogP contribution < -0.4 is 5.32 Å². The number of nitrogens with one attached hydrogen (secondary N) is 1. The maximum absolute atomic E-state index is 14.0. The molecule has 0 saturated heterocycles. The lowest BCUT2D eigenvalue weighted by Crippen LogP contribution is -2.34. The van der Waals surface area contributed by atoms with E-state index in [4.69, 9.17) is 14.1 Å². The van der Waals surface area contributed by atoms with E-state index in [1.54, 1.807) is 0 Å². The van der Waals surface area contributed by atoms with Crippen molar-refractivity contribution < 1.29 is 18.7 Å². The van der Waals surface area contributed by atoms with Gasteiger partial charge in [0, 0.05) is 17.7 Å². The Hall–Kier alpha value is -4.19. The Labute approximate surface area is 211 Å². The second kappa shape index (κ2) is 11.0. The SMILES string of the molecule is CC(C)(C)OC(=O)NCCC(C(=O)c1oc(-c2ccccc2)nc1-c1ccccc1)c1ccccc1. The van der Waals surface area contributed by atoms with Crippen LogP contribution in [0.3, 0.4) is 0 Å². The van der Waals surface area contributed by atoms with Crippen LogP contribution in [0.2, 0.25) is 0 Å². The first kappa shape index (κ1) is 24.9. The molecule has 3 aromatic carbocycles. The molecule has 0 aliphatic heterocycles. The van der Waals surface area contributed by atoms with Gasteiger partial charge in [-0.05, 0) is 44.9 Å². The van der Waals surface area contributed by atoms with Gasteiger partial charge >= 0.3 is 6.09 Å². The fourth-order valence-corrected chi connectivity index (χ4v) is 3.91. The first-order valence-corrected chi connectivity index (χ1v) is 12.0. The van der Waals surface area contributed by atoms with Crippen LogP contribution in [-0.2, 0) is 4.74 Å². The van der Waals surface area contributed by atoms with Crippen molar-refractivity contribution in [2.45, 2.75) is 38.7 Å². The molecule has 0 bridgehead atoms. The first-order valence-electron chi connectivity index (χ1n) is 12.0. The average Bonchev–Trinajstić information content (AvgIpc) is 3.32. The maximum Gasteiger partial charge on any atom is 0.407 e.